The van der Waals surface area contributed by atoms with Gasteiger partial charge in [-0.2, -0.15) is 0 Å². The van der Waals surface area contributed by atoms with Crippen LogP contribution in [0.5, 0.6) is 5.75 Å². The number of likely N-dealkylation sites (tertiary alicyclic amines) is 1. The molecule has 2 aromatic rings. The smallest absolute Gasteiger partial charge is 0.278 e. The van der Waals surface area contributed by atoms with E-state index >= 15 is 0 Å². The molecule has 1 amide bonds. The van der Waals surface area contributed by atoms with Crippen LogP contribution in [0.3, 0.4) is 0 Å². The molecule has 0 saturated carbocycles. The third-order valence-corrected chi connectivity index (χ3v) is 5.70. The number of carbonyl (C=O) groups excluding carboxylic acids is 1. The SMILES string of the molecule is O=C(NO)c1cccc2c1OC1(CC2)CCN(Cc2ccc(F)cc2)CC1. The molecule has 0 radical (unpaired) electrons. The lowest BCUT2D eigenvalue weighted by atomic mass is 9.82. The Morgan fingerprint density at radius 2 is 1.89 bits per heavy atom. The molecular weight excluding hydrogens is 347 g/mol. The van der Waals surface area contributed by atoms with Gasteiger partial charge in [0.15, 0.2) is 0 Å². The zero-order valence-electron chi connectivity index (χ0n) is 15.1. The summed E-state index contributed by atoms with van der Waals surface area (Å²) in [6.45, 7) is 2.58. The summed E-state index contributed by atoms with van der Waals surface area (Å²) in [6, 6.07) is 12.1. The molecule has 0 bridgehead atoms. The van der Waals surface area contributed by atoms with Gasteiger partial charge in [-0.1, -0.05) is 24.3 Å². The average Bonchev–Trinajstić information content (AvgIpc) is 2.70. The van der Waals surface area contributed by atoms with Crippen LogP contribution < -0.4 is 10.2 Å². The van der Waals surface area contributed by atoms with Gasteiger partial charge >= 0.3 is 0 Å². The van der Waals surface area contributed by atoms with E-state index in [2.05, 4.69) is 4.90 Å². The summed E-state index contributed by atoms with van der Waals surface area (Å²) in [7, 11) is 0. The molecule has 2 aliphatic rings. The number of amides is 1. The van der Waals surface area contributed by atoms with Gasteiger partial charge in [0.2, 0.25) is 0 Å². The van der Waals surface area contributed by atoms with Crippen molar-refractivity contribution in [1.82, 2.24) is 10.4 Å². The summed E-state index contributed by atoms with van der Waals surface area (Å²) in [5.41, 5.74) is 3.93. The molecule has 0 aromatic heterocycles. The van der Waals surface area contributed by atoms with E-state index < -0.39 is 5.91 Å². The predicted molar refractivity (Wildman–Crippen MR) is 98.3 cm³/mol. The van der Waals surface area contributed by atoms with Crippen LogP contribution in [0.4, 0.5) is 4.39 Å². The summed E-state index contributed by atoms with van der Waals surface area (Å²) >= 11 is 0. The first-order valence-corrected chi connectivity index (χ1v) is 9.31. The van der Waals surface area contributed by atoms with E-state index in [1.807, 2.05) is 24.3 Å². The molecule has 5 nitrogen and oxygen atoms in total. The Labute approximate surface area is 157 Å². The van der Waals surface area contributed by atoms with Crippen molar-refractivity contribution in [1.29, 1.82) is 0 Å². The van der Waals surface area contributed by atoms with Crippen molar-refractivity contribution in [2.75, 3.05) is 13.1 Å². The Bertz CT molecular complexity index is 830. The molecule has 27 heavy (non-hydrogen) atoms. The number of nitrogens with zero attached hydrogens (tertiary/aromatic N) is 1. The Morgan fingerprint density at radius 1 is 1.15 bits per heavy atom. The molecule has 0 unspecified atom stereocenters. The quantitative estimate of drug-likeness (QED) is 0.643. The molecule has 2 aliphatic heterocycles. The molecule has 0 aliphatic carbocycles. The number of piperidine rings is 1. The second-order valence-electron chi connectivity index (χ2n) is 7.42. The number of hydrogen-bond acceptors (Lipinski definition) is 4. The number of para-hydroxylation sites is 1. The average molecular weight is 370 g/mol. The van der Waals surface area contributed by atoms with Gasteiger partial charge in [-0.3, -0.25) is 14.9 Å². The predicted octanol–water partition coefficient (Wildman–Crippen LogP) is 3.30. The third kappa shape index (κ3) is 3.68. The summed E-state index contributed by atoms with van der Waals surface area (Å²) in [4.78, 5) is 14.3. The minimum atomic E-state index is -0.544. The number of benzene rings is 2. The molecule has 142 valence electrons. The van der Waals surface area contributed by atoms with Crippen molar-refractivity contribution in [2.45, 2.75) is 37.8 Å². The van der Waals surface area contributed by atoms with E-state index in [0.717, 1.165) is 56.4 Å². The number of aryl methyl sites for hydroxylation is 1. The largest absolute Gasteiger partial charge is 0.486 e. The van der Waals surface area contributed by atoms with Crippen molar-refractivity contribution in [2.24, 2.45) is 0 Å². The number of halogens is 1. The zero-order chi connectivity index (χ0) is 18.9. The fourth-order valence-corrected chi connectivity index (χ4v) is 4.09. The molecule has 4 rings (SSSR count). The highest BCUT2D eigenvalue weighted by atomic mass is 19.1. The molecular formula is C21H23FN2O3. The zero-order valence-corrected chi connectivity index (χ0v) is 15.1. The third-order valence-electron chi connectivity index (χ3n) is 5.70. The van der Waals surface area contributed by atoms with E-state index in [1.54, 1.807) is 11.5 Å². The fourth-order valence-electron chi connectivity index (χ4n) is 4.09. The van der Waals surface area contributed by atoms with Gasteiger partial charge in [0.05, 0.1) is 5.56 Å². The normalized spacial score (nSPS) is 18.6. The summed E-state index contributed by atoms with van der Waals surface area (Å²) in [5, 5.41) is 9.00. The van der Waals surface area contributed by atoms with Crippen molar-refractivity contribution in [3.63, 3.8) is 0 Å². The van der Waals surface area contributed by atoms with Crippen LogP contribution in [0.15, 0.2) is 42.5 Å². The van der Waals surface area contributed by atoms with Crippen LogP contribution in [0.2, 0.25) is 0 Å². The second kappa shape index (κ2) is 7.29. The number of carbonyl (C=O) groups is 1. The lowest BCUT2D eigenvalue weighted by Crippen LogP contribution is -2.49. The second-order valence-corrected chi connectivity index (χ2v) is 7.42. The molecule has 1 spiro atoms. The summed E-state index contributed by atoms with van der Waals surface area (Å²) in [5.74, 6) is -0.159. The number of rotatable bonds is 3. The van der Waals surface area contributed by atoms with Gasteiger partial charge in [-0.05, 0) is 55.0 Å². The highest BCUT2D eigenvalue weighted by molar-refractivity contribution is 5.96. The van der Waals surface area contributed by atoms with E-state index in [1.165, 1.54) is 12.1 Å². The standard InChI is InChI=1S/C21H23FN2O3/c22-17-6-4-15(5-7-17)14-24-12-10-21(11-13-24)9-8-16-2-1-3-18(19(16)27-21)20(25)23-26/h1-7,26H,8-14H2,(H,23,25). The highest BCUT2D eigenvalue weighted by Gasteiger charge is 2.40. The Hall–Kier alpha value is -2.44. The Morgan fingerprint density at radius 3 is 2.59 bits per heavy atom. The maximum absolute atomic E-state index is 13.1. The molecule has 2 aromatic carbocycles. The maximum Gasteiger partial charge on any atom is 0.278 e. The number of nitrogens with one attached hydrogen (secondary N) is 1. The topological polar surface area (TPSA) is 61.8 Å². The van der Waals surface area contributed by atoms with Crippen molar-refractivity contribution >= 4 is 5.91 Å². The first-order valence-electron chi connectivity index (χ1n) is 9.31. The lowest BCUT2D eigenvalue weighted by molar-refractivity contribution is -0.0170. The molecule has 1 saturated heterocycles. The maximum atomic E-state index is 13.1. The fraction of sp³-hybridized carbons (Fsp3) is 0.381. The molecule has 2 N–H and O–H groups in total. The van der Waals surface area contributed by atoms with E-state index in [4.69, 9.17) is 9.94 Å². The molecule has 1 fully saturated rings. The van der Waals surface area contributed by atoms with E-state index in [0.29, 0.717) is 11.3 Å². The van der Waals surface area contributed by atoms with Crippen LogP contribution in [0.1, 0.15) is 40.7 Å². The van der Waals surface area contributed by atoms with E-state index in [9.17, 15) is 9.18 Å². The van der Waals surface area contributed by atoms with Gasteiger partial charge in [0.25, 0.3) is 5.91 Å². The Kier molecular flexibility index (Phi) is 4.85. The van der Waals surface area contributed by atoms with Crippen LogP contribution in [-0.4, -0.2) is 34.7 Å². The summed E-state index contributed by atoms with van der Waals surface area (Å²) in [6.07, 6.45) is 3.54. The van der Waals surface area contributed by atoms with Crippen LogP contribution >= 0.6 is 0 Å². The molecule has 0 atom stereocenters. The van der Waals surface area contributed by atoms with Crippen LogP contribution in [0, 0.1) is 5.82 Å². The first-order chi connectivity index (χ1) is 13.1. The van der Waals surface area contributed by atoms with Crippen LogP contribution in [-0.2, 0) is 13.0 Å². The van der Waals surface area contributed by atoms with Gasteiger partial charge in [-0.25, -0.2) is 9.87 Å². The summed E-state index contributed by atoms with van der Waals surface area (Å²) < 4.78 is 19.4. The van der Waals surface area contributed by atoms with Crippen molar-refractivity contribution in [3.05, 3.63) is 65.0 Å². The lowest BCUT2D eigenvalue weighted by Gasteiger charge is -2.45. The number of fused-ring (bicyclic) bond motifs is 1. The molecule has 6 heteroatoms. The van der Waals surface area contributed by atoms with Gasteiger partial charge in [0.1, 0.15) is 17.2 Å². The van der Waals surface area contributed by atoms with E-state index in [-0.39, 0.29) is 11.4 Å². The number of hydrogen-bond donors (Lipinski definition) is 2. The molecule has 2 heterocycles. The minimum absolute atomic E-state index is 0.215. The van der Waals surface area contributed by atoms with Crippen molar-refractivity contribution < 1.29 is 19.1 Å². The highest BCUT2D eigenvalue weighted by Crippen LogP contribution is 2.41. The monoisotopic (exact) mass is 370 g/mol. The van der Waals surface area contributed by atoms with Gasteiger partial charge < -0.3 is 4.74 Å². The van der Waals surface area contributed by atoms with Crippen LogP contribution in [0.25, 0.3) is 0 Å². The van der Waals surface area contributed by atoms with Gasteiger partial charge in [-0.15, -0.1) is 0 Å². The van der Waals surface area contributed by atoms with Crippen molar-refractivity contribution in [3.8, 4) is 5.75 Å². The number of hydroxylamine groups is 1. The Balaban J connectivity index is 1.45. The first kappa shape index (κ1) is 17.9. The van der Waals surface area contributed by atoms with Gasteiger partial charge in [0, 0.05) is 19.6 Å². The number of ether oxygens (including phenoxy) is 1. The minimum Gasteiger partial charge on any atom is -0.486 e.